The molecule has 2 aromatic carbocycles. The number of nitrogens with one attached hydrogen (secondary N) is 1. The summed E-state index contributed by atoms with van der Waals surface area (Å²) in [5.74, 6) is -0.378. The molecular weight excluding hydrogens is 318 g/mol. The lowest BCUT2D eigenvalue weighted by atomic mass is 10.1. The number of hydrogen-bond donors (Lipinski definition) is 1. The molecule has 124 valence electrons. The molecule has 0 bridgehead atoms. The number of non-ortho nitro benzene ring substituents is 1. The van der Waals surface area contributed by atoms with Gasteiger partial charge in [0.2, 0.25) is 0 Å². The lowest BCUT2D eigenvalue weighted by molar-refractivity contribution is -0.385. The third kappa shape index (κ3) is 3.46. The summed E-state index contributed by atoms with van der Waals surface area (Å²) in [5, 5.41) is 24.1. The maximum absolute atomic E-state index is 12.3. The first-order valence-electron chi connectivity index (χ1n) is 6.72. The van der Waals surface area contributed by atoms with Gasteiger partial charge in [-0.1, -0.05) is 0 Å². The lowest BCUT2D eigenvalue weighted by Crippen LogP contribution is -2.13. The lowest BCUT2D eigenvalue weighted by Gasteiger charge is -2.10. The number of rotatable bonds is 5. The number of nitrogens with zero attached hydrogens (tertiary/aromatic N) is 2. The van der Waals surface area contributed by atoms with E-state index in [1.165, 1.54) is 50.4 Å². The van der Waals surface area contributed by atoms with Crippen molar-refractivity contribution in [2.24, 2.45) is 0 Å². The third-order valence-corrected chi connectivity index (χ3v) is 3.30. The second-order valence-corrected chi connectivity index (χ2v) is 4.85. The summed E-state index contributed by atoms with van der Waals surface area (Å²) < 4.78 is 5.04. The first-order chi connectivity index (χ1) is 11.3. The van der Waals surface area contributed by atoms with Gasteiger partial charge in [0.15, 0.2) is 0 Å². The normalized spacial score (nSPS) is 10.1. The number of methoxy groups -OCH3 is 1. The van der Waals surface area contributed by atoms with Crippen LogP contribution in [0.25, 0.3) is 0 Å². The van der Waals surface area contributed by atoms with Crippen LogP contribution >= 0.6 is 0 Å². The molecule has 0 aliphatic carbocycles. The predicted octanol–water partition coefficient (Wildman–Crippen LogP) is 3.07. The number of carbonyl (C=O) groups excluding carboxylic acids is 1. The molecule has 1 amide bonds. The zero-order chi connectivity index (χ0) is 17.9. The number of benzene rings is 2. The molecule has 0 spiro atoms. The van der Waals surface area contributed by atoms with Crippen LogP contribution in [0.5, 0.6) is 5.75 Å². The van der Waals surface area contributed by atoms with Gasteiger partial charge in [-0.3, -0.25) is 25.0 Å². The fraction of sp³-hybridized carbons (Fsp3) is 0.133. The molecule has 0 saturated carbocycles. The molecule has 0 atom stereocenters. The van der Waals surface area contributed by atoms with E-state index in [1.54, 1.807) is 0 Å². The van der Waals surface area contributed by atoms with Gasteiger partial charge in [0.1, 0.15) is 5.75 Å². The number of carbonyl (C=O) groups is 1. The minimum atomic E-state index is -0.576. The monoisotopic (exact) mass is 331 g/mol. The van der Waals surface area contributed by atoms with Crippen molar-refractivity contribution in [1.82, 2.24) is 0 Å². The van der Waals surface area contributed by atoms with Crippen molar-refractivity contribution in [1.29, 1.82) is 0 Å². The number of hydrogen-bond acceptors (Lipinski definition) is 6. The molecule has 2 rings (SSSR count). The fourth-order valence-electron chi connectivity index (χ4n) is 2.09. The molecule has 9 heteroatoms. The maximum Gasteiger partial charge on any atom is 0.273 e. The summed E-state index contributed by atoms with van der Waals surface area (Å²) in [4.78, 5) is 32.7. The average molecular weight is 331 g/mol. The molecule has 0 unspecified atom stereocenters. The maximum atomic E-state index is 12.3. The first kappa shape index (κ1) is 16.9. The van der Waals surface area contributed by atoms with E-state index in [-0.39, 0.29) is 28.4 Å². The summed E-state index contributed by atoms with van der Waals surface area (Å²) >= 11 is 0. The van der Waals surface area contributed by atoms with Crippen molar-refractivity contribution >= 4 is 23.0 Å². The topological polar surface area (TPSA) is 125 Å². The zero-order valence-electron chi connectivity index (χ0n) is 12.8. The molecule has 0 heterocycles. The Hall–Kier alpha value is -3.49. The highest BCUT2D eigenvalue weighted by molar-refractivity contribution is 6.05. The van der Waals surface area contributed by atoms with Gasteiger partial charge in [0.05, 0.1) is 28.7 Å². The van der Waals surface area contributed by atoms with Crippen molar-refractivity contribution in [2.45, 2.75) is 6.92 Å². The van der Waals surface area contributed by atoms with Crippen LogP contribution in [0.15, 0.2) is 36.4 Å². The number of anilines is 1. The Morgan fingerprint density at radius 3 is 2.33 bits per heavy atom. The molecule has 0 aliphatic heterocycles. The molecular formula is C15H13N3O6. The van der Waals surface area contributed by atoms with Crippen LogP contribution in [0.1, 0.15) is 15.9 Å². The minimum Gasteiger partial charge on any atom is -0.494 e. The van der Waals surface area contributed by atoms with Gasteiger partial charge in [-0.15, -0.1) is 0 Å². The van der Waals surface area contributed by atoms with E-state index >= 15 is 0 Å². The summed E-state index contributed by atoms with van der Waals surface area (Å²) in [6.45, 7) is 1.53. The highest BCUT2D eigenvalue weighted by atomic mass is 16.6. The Balaban J connectivity index is 2.28. The largest absolute Gasteiger partial charge is 0.494 e. The van der Waals surface area contributed by atoms with Crippen molar-refractivity contribution in [3.8, 4) is 5.75 Å². The van der Waals surface area contributed by atoms with Gasteiger partial charge in [-0.25, -0.2) is 0 Å². The van der Waals surface area contributed by atoms with Crippen molar-refractivity contribution in [3.05, 3.63) is 67.8 Å². The predicted molar refractivity (Wildman–Crippen MR) is 85.4 cm³/mol. The van der Waals surface area contributed by atoms with Crippen molar-refractivity contribution in [3.63, 3.8) is 0 Å². The second-order valence-electron chi connectivity index (χ2n) is 4.85. The molecule has 0 aliphatic rings. The number of amides is 1. The van der Waals surface area contributed by atoms with Crippen LogP contribution in [0.3, 0.4) is 0 Å². The molecule has 24 heavy (non-hydrogen) atoms. The summed E-state index contributed by atoms with van der Waals surface area (Å²) in [6, 6.07) is 7.75. The van der Waals surface area contributed by atoms with Gasteiger partial charge in [0.25, 0.3) is 17.3 Å². The molecule has 1 N–H and O–H groups in total. The SMILES string of the molecule is COc1cc([N+](=O)[O-])ccc1NC(=O)c1ccc([N+](=O)[O-])c(C)c1. The Morgan fingerprint density at radius 1 is 1.08 bits per heavy atom. The van der Waals surface area contributed by atoms with Crippen LogP contribution < -0.4 is 10.1 Å². The summed E-state index contributed by atoms with van der Waals surface area (Å²) in [5.41, 5.74) is 0.571. The Labute approximate surface area is 136 Å². The van der Waals surface area contributed by atoms with Crippen LogP contribution in [-0.2, 0) is 0 Å². The van der Waals surface area contributed by atoms with Crippen LogP contribution in [0, 0.1) is 27.2 Å². The van der Waals surface area contributed by atoms with Crippen molar-refractivity contribution in [2.75, 3.05) is 12.4 Å². The van der Waals surface area contributed by atoms with Crippen molar-refractivity contribution < 1.29 is 19.4 Å². The minimum absolute atomic E-state index is 0.0838. The van der Waals surface area contributed by atoms with E-state index in [0.29, 0.717) is 5.56 Å². The van der Waals surface area contributed by atoms with Gasteiger partial charge in [-0.05, 0) is 25.1 Å². The highest BCUT2D eigenvalue weighted by Crippen LogP contribution is 2.29. The van der Waals surface area contributed by atoms with E-state index in [2.05, 4.69) is 5.32 Å². The molecule has 9 nitrogen and oxygen atoms in total. The zero-order valence-corrected chi connectivity index (χ0v) is 12.8. The quantitative estimate of drug-likeness (QED) is 0.663. The Bertz CT molecular complexity index is 834. The van der Waals surface area contributed by atoms with E-state index in [4.69, 9.17) is 4.74 Å². The number of ether oxygens (including phenoxy) is 1. The van der Waals surface area contributed by atoms with E-state index in [1.807, 2.05) is 0 Å². The fourth-order valence-corrected chi connectivity index (χ4v) is 2.09. The van der Waals surface area contributed by atoms with Gasteiger partial charge in [0, 0.05) is 23.3 Å². The van der Waals surface area contributed by atoms with Crippen LogP contribution in [0.2, 0.25) is 0 Å². The smallest absolute Gasteiger partial charge is 0.273 e. The third-order valence-electron chi connectivity index (χ3n) is 3.30. The molecule has 0 fully saturated rings. The second kappa shape index (κ2) is 6.73. The van der Waals surface area contributed by atoms with Gasteiger partial charge < -0.3 is 10.1 Å². The Kier molecular flexibility index (Phi) is 4.73. The summed E-state index contributed by atoms with van der Waals surface area (Å²) in [6.07, 6.45) is 0. The first-order valence-corrected chi connectivity index (χ1v) is 6.72. The van der Waals surface area contributed by atoms with Crippen LogP contribution in [-0.4, -0.2) is 22.9 Å². The van der Waals surface area contributed by atoms with Crippen LogP contribution in [0.4, 0.5) is 17.1 Å². The van der Waals surface area contributed by atoms with E-state index in [9.17, 15) is 25.0 Å². The molecule has 2 aromatic rings. The van der Waals surface area contributed by atoms with Gasteiger partial charge >= 0.3 is 0 Å². The number of aryl methyl sites for hydroxylation is 1. The molecule has 0 aromatic heterocycles. The standard InChI is InChI=1S/C15H13N3O6/c1-9-7-10(3-6-13(9)18(22)23)15(19)16-12-5-4-11(17(20)21)8-14(12)24-2/h3-8H,1-2H3,(H,16,19). The Morgan fingerprint density at radius 2 is 1.79 bits per heavy atom. The average Bonchev–Trinajstić information content (AvgIpc) is 2.54. The number of nitro groups is 2. The van der Waals surface area contributed by atoms with E-state index in [0.717, 1.165) is 0 Å². The molecule has 0 saturated heterocycles. The highest BCUT2D eigenvalue weighted by Gasteiger charge is 2.17. The van der Waals surface area contributed by atoms with Gasteiger partial charge in [-0.2, -0.15) is 0 Å². The molecule has 0 radical (unpaired) electrons. The summed E-state index contributed by atoms with van der Waals surface area (Å²) in [7, 11) is 1.32. The number of nitro benzene ring substituents is 2. The van der Waals surface area contributed by atoms with E-state index < -0.39 is 15.8 Å².